The van der Waals surface area contributed by atoms with Crippen LogP contribution in [0.5, 0.6) is 0 Å². The van der Waals surface area contributed by atoms with Crippen LogP contribution in [0.4, 0.5) is 11.5 Å². The molecule has 0 saturated carbocycles. The molecule has 0 bridgehead atoms. The molecule has 1 heterocycles. The van der Waals surface area contributed by atoms with E-state index in [1.165, 1.54) is 17.4 Å². The van der Waals surface area contributed by atoms with E-state index < -0.39 is 10.0 Å². The number of sulfonamides is 1. The van der Waals surface area contributed by atoms with Crippen LogP contribution < -0.4 is 9.62 Å². The van der Waals surface area contributed by atoms with E-state index in [1.807, 2.05) is 13.8 Å². The highest BCUT2D eigenvalue weighted by Crippen LogP contribution is 2.25. The molecule has 24 heavy (non-hydrogen) atoms. The Morgan fingerprint density at radius 2 is 1.83 bits per heavy atom. The SMILES string of the molecule is CC(=O)Nc1ccc(N(CC(C)C)S(=O)(=O)c2ccccc2)cn1. The van der Waals surface area contributed by atoms with Crippen LogP contribution >= 0.6 is 0 Å². The molecule has 0 fully saturated rings. The maximum absolute atomic E-state index is 13.0. The molecule has 0 spiro atoms. The van der Waals surface area contributed by atoms with Crippen molar-refractivity contribution in [3.05, 3.63) is 48.7 Å². The first-order valence-corrected chi connectivity index (χ1v) is 9.06. The van der Waals surface area contributed by atoms with Crippen molar-refractivity contribution < 1.29 is 13.2 Å². The molecule has 128 valence electrons. The van der Waals surface area contributed by atoms with Crippen LogP contribution in [0.3, 0.4) is 0 Å². The highest BCUT2D eigenvalue weighted by atomic mass is 32.2. The van der Waals surface area contributed by atoms with Crippen LogP contribution in [0.15, 0.2) is 53.6 Å². The first kappa shape index (κ1) is 17.9. The van der Waals surface area contributed by atoms with Gasteiger partial charge in [0.1, 0.15) is 5.82 Å². The summed E-state index contributed by atoms with van der Waals surface area (Å²) in [4.78, 5) is 15.4. The minimum absolute atomic E-state index is 0.138. The number of hydrogen-bond donors (Lipinski definition) is 1. The maximum atomic E-state index is 13.0. The Labute approximate surface area is 142 Å². The summed E-state index contributed by atoms with van der Waals surface area (Å²) < 4.78 is 27.3. The van der Waals surface area contributed by atoms with Gasteiger partial charge in [0.05, 0.1) is 16.8 Å². The third-order valence-electron chi connectivity index (χ3n) is 3.20. The van der Waals surface area contributed by atoms with Gasteiger partial charge in [-0.3, -0.25) is 9.10 Å². The summed E-state index contributed by atoms with van der Waals surface area (Å²) in [6.45, 7) is 5.62. The zero-order chi connectivity index (χ0) is 17.7. The van der Waals surface area contributed by atoms with Gasteiger partial charge in [0, 0.05) is 13.5 Å². The normalized spacial score (nSPS) is 11.3. The number of hydrogen-bond acceptors (Lipinski definition) is 4. The van der Waals surface area contributed by atoms with Crippen LogP contribution in [0.25, 0.3) is 0 Å². The van der Waals surface area contributed by atoms with E-state index in [4.69, 9.17) is 0 Å². The van der Waals surface area contributed by atoms with Crippen molar-refractivity contribution in [2.45, 2.75) is 25.7 Å². The van der Waals surface area contributed by atoms with Gasteiger partial charge in [-0.05, 0) is 30.2 Å². The van der Waals surface area contributed by atoms with Gasteiger partial charge >= 0.3 is 0 Å². The van der Waals surface area contributed by atoms with Crippen LogP contribution in [0.2, 0.25) is 0 Å². The van der Waals surface area contributed by atoms with Gasteiger partial charge in [-0.1, -0.05) is 32.0 Å². The first-order chi connectivity index (χ1) is 11.3. The van der Waals surface area contributed by atoms with E-state index in [2.05, 4.69) is 10.3 Å². The summed E-state index contributed by atoms with van der Waals surface area (Å²) in [5.74, 6) is 0.289. The van der Waals surface area contributed by atoms with Crippen LogP contribution in [-0.2, 0) is 14.8 Å². The molecule has 1 aromatic carbocycles. The third-order valence-corrected chi connectivity index (χ3v) is 5.01. The number of nitrogens with zero attached hydrogens (tertiary/aromatic N) is 2. The Bertz CT molecular complexity index is 788. The van der Waals surface area contributed by atoms with Crippen molar-refractivity contribution in [2.75, 3.05) is 16.2 Å². The van der Waals surface area contributed by atoms with Crippen LogP contribution in [0.1, 0.15) is 20.8 Å². The molecule has 1 aromatic heterocycles. The molecule has 0 unspecified atom stereocenters. The fourth-order valence-corrected chi connectivity index (χ4v) is 3.82. The molecule has 1 N–H and O–H groups in total. The van der Waals surface area contributed by atoms with Gasteiger partial charge in [-0.25, -0.2) is 13.4 Å². The molecule has 0 radical (unpaired) electrons. The number of anilines is 2. The van der Waals surface area contributed by atoms with E-state index in [0.717, 1.165) is 0 Å². The highest BCUT2D eigenvalue weighted by molar-refractivity contribution is 7.92. The molecule has 0 aliphatic rings. The summed E-state index contributed by atoms with van der Waals surface area (Å²) in [6, 6.07) is 11.5. The molecular weight excluding hydrogens is 326 g/mol. The number of rotatable bonds is 6. The second kappa shape index (κ2) is 7.44. The number of carbonyl (C=O) groups excluding carboxylic acids is 1. The van der Waals surface area contributed by atoms with Crippen LogP contribution in [0, 0.1) is 5.92 Å². The highest BCUT2D eigenvalue weighted by Gasteiger charge is 2.25. The Morgan fingerprint density at radius 1 is 1.17 bits per heavy atom. The predicted molar refractivity (Wildman–Crippen MR) is 94.4 cm³/mol. The Kier molecular flexibility index (Phi) is 5.56. The van der Waals surface area contributed by atoms with Crippen molar-refractivity contribution in [3.8, 4) is 0 Å². The summed E-state index contributed by atoms with van der Waals surface area (Å²) in [5.41, 5.74) is 0.460. The van der Waals surface area contributed by atoms with E-state index in [1.54, 1.807) is 42.5 Å². The third kappa shape index (κ3) is 4.32. The summed E-state index contributed by atoms with van der Waals surface area (Å²) in [6.07, 6.45) is 1.45. The standard InChI is InChI=1S/C17H21N3O3S/c1-13(2)12-20(24(22,23)16-7-5-4-6-8-16)15-9-10-17(18-11-15)19-14(3)21/h4-11,13H,12H2,1-3H3,(H,18,19,21). The van der Waals surface area contributed by atoms with E-state index in [0.29, 0.717) is 18.1 Å². The Morgan fingerprint density at radius 3 is 2.33 bits per heavy atom. The van der Waals surface area contributed by atoms with E-state index in [-0.39, 0.29) is 16.7 Å². The number of pyridine rings is 1. The number of amides is 1. The topological polar surface area (TPSA) is 79.4 Å². The van der Waals surface area contributed by atoms with Gasteiger partial charge in [0.2, 0.25) is 5.91 Å². The van der Waals surface area contributed by atoms with Gasteiger partial charge in [-0.2, -0.15) is 0 Å². The van der Waals surface area contributed by atoms with Crippen molar-refractivity contribution in [1.29, 1.82) is 0 Å². The largest absolute Gasteiger partial charge is 0.311 e. The molecule has 7 heteroatoms. The molecule has 6 nitrogen and oxygen atoms in total. The zero-order valence-electron chi connectivity index (χ0n) is 13.9. The van der Waals surface area contributed by atoms with Gasteiger partial charge in [0.25, 0.3) is 10.0 Å². The summed E-state index contributed by atoms with van der Waals surface area (Å²) >= 11 is 0. The van der Waals surface area contributed by atoms with E-state index >= 15 is 0 Å². The predicted octanol–water partition coefficient (Wildman–Crippen LogP) is 2.89. The van der Waals surface area contributed by atoms with E-state index in [9.17, 15) is 13.2 Å². The molecular formula is C17H21N3O3S. The number of carbonyl (C=O) groups is 1. The minimum Gasteiger partial charge on any atom is -0.311 e. The monoisotopic (exact) mass is 347 g/mol. The average molecular weight is 347 g/mol. The van der Waals surface area contributed by atoms with Crippen molar-refractivity contribution >= 4 is 27.4 Å². The smallest absolute Gasteiger partial charge is 0.264 e. The summed E-state index contributed by atoms with van der Waals surface area (Å²) in [7, 11) is -3.68. The van der Waals surface area contributed by atoms with Crippen LogP contribution in [-0.4, -0.2) is 25.9 Å². The summed E-state index contributed by atoms with van der Waals surface area (Å²) in [5, 5.41) is 2.56. The second-order valence-electron chi connectivity index (χ2n) is 5.83. The number of benzene rings is 1. The number of aromatic nitrogens is 1. The lowest BCUT2D eigenvalue weighted by atomic mass is 10.2. The molecule has 1 amide bonds. The quantitative estimate of drug-likeness (QED) is 0.871. The fourth-order valence-electron chi connectivity index (χ4n) is 2.18. The molecule has 0 saturated heterocycles. The minimum atomic E-state index is -3.68. The Hall–Kier alpha value is -2.41. The lowest BCUT2D eigenvalue weighted by Gasteiger charge is -2.26. The molecule has 0 aliphatic carbocycles. The zero-order valence-corrected chi connectivity index (χ0v) is 14.7. The van der Waals surface area contributed by atoms with Gasteiger partial charge in [-0.15, -0.1) is 0 Å². The molecule has 0 atom stereocenters. The second-order valence-corrected chi connectivity index (χ2v) is 7.69. The number of nitrogens with one attached hydrogen (secondary N) is 1. The molecule has 2 rings (SSSR count). The van der Waals surface area contributed by atoms with Crippen molar-refractivity contribution in [3.63, 3.8) is 0 Å². The molecule has 0 aliphatic heterocycles. The maximum Gasteiger partial charge on any atom is 0.264 e. The van der Waals surface area contributed by atoms with Crippen molar-refractivity contribution in [2.24, 2.45) is 5.92 Å². The molecule has 2 aromatic rings. The Balaban J connectivity index is 2.40. The van der Waals surface area contributed by atoms with Gasteiger partial charge < -0.3 is 5.32 Å². The lowest BCUT2D eigenvalue weighted by Crippen LogP contribution is -2.34. The lowest BCUT2D eigenvalue weighted by molar-refractivity contribution is -0.114. The average Bonchev–Trinajstić information content (AvgIpc) is 2.53. The van der Waals surface area contributed by atoms with Gasteiger partial charge in [0.15, 0.2) is 0 Å². The first-order valence-electron chi connectivity index (χ1n) is 7.62. The fraction of sp³-hybridized carbons (Fsp3) is 0.294. The van der Waals surface area contributed by atoms with Crippen molar-refractivity contribution in [1.82, 2.24) is 4.98 Å².